The zero-order valence-electron chi connectivity index (χ0n) is 14.1. The summed E-state index contributed by atoms with van der Waals surface area (Å²) < 4.78 is 11.5. The smallest absolute Gasteiger partial charge is 0.183 e. The van der Waals surface area contributed by atoms with Crippen LogP contribution in [0.1, 0.15) is 70.9 Å². The summed E-state index contributed by atoms with van der Waals surface area (Å²) in [6.07, 6.45) is 0.619. The van der Waals surface area contributed by atoms with Crippen molar-refractivity contribution in [2.24, 2.45) is 0 Å². The molecule has 0 saturated carbocycles. The molecule has 3 nitrogen and oxygen atoms in total. The SMILES string of the molecule is CC(C)(C)c1cc(C2OCCCO2)cc(C(C)(C)C)c1O. The normalized spacial score (nSPS) is 18.0. The molecule has 1 aromatic carbocycles. The summed E-state index contributed by atoms with van der Waals surface area (Å²) in [6.45, 7) is 14.1. The van der Waals surface area contributed by atoms with Crippen molar-refractivity contribution in [3.05, 3.63) is 28.8 Å². The van der Waals surface area contributed by atoms with Crippen LogP contribution < -0.4 is 0 Å². The molecular formula is C18H28O3. The maximum Gasteiger partial charge on any atom is 0.183 e. The third-order valence-electron chi connectivity index (χ3n) is 3.85. The van der Waals surface area contributed by atoms with E-state index in [-0.39, 0.29) is 17.1 Å². The van der Waals surface area contributed by atoms with Crippen LogP contribution in [0.5, 0.6) is 5.75 Å². The van der Waals surface area contributed by atoms with E-state index < -0.39 is 0 Å². The predicted molar refractivity (Wildman–Crippen MR) is 84.8 cm³/mol. The van der Waals surface area contributed by atoms with Gasteiger partial charge in [-0.1, -0.05) is 41.5 Å². The Morgan fingerprint density at radius 3 is 1.71 bits per heavy atom. The first-order chi connectivity index (χ1) is 9.60. The average molecular weight is 292 g/mol. The number of ether oxygens (including phenoxy) is 2. The van der Waals surface area contributed by atoms with Gasteiger partial charge < -0.3 is 14.6 Å². The molecule has 0 aromatic heterocycles. The third-order valence-corrected chi connectivity index (χ3v) is 3.85. The van der Waals surface area contributed by atoms with Crippen LogP contribution in [0.25, 0.3) is 0 Å². The summed E-state index contributed by atoms with van der Waals surface area (Å²) in [5, 5.41) is 10.7. The van der Waals surface area contributed by atoms with Crippen molar-refractivity contribution in [3.63, 3.8) is 0 Å². The fourth-order valence-electron chi connectivity index (χ4n) is 2.62. The highest BCUT2D eigenvalue weighted by Crippen LogP contribution is 2.41. The van der Waals surface area contributed by atoms with Crippen LogP contribution >= 0.6 is 0 Å². The number of aromatic hydroxyl groups is 1. The second-order valence-electron chi connectivity index (χ2n) is 7.89. The van der Waals surface area contributed by atoms with Gasteiger partial charge in [0.25, 0.3) is 0 Å². The van der Waals surface area contributed by atoms with Crippen molar-refractivity contribution in [1.82, 2.24) is 0 Å². The molecule has 1 N–H and O–H groups in total. The summed E-state index contributed by atoms with van der Waals surface area (Å²) in [6, 6.07) is 4.06. The van der Waals surface area contributed by atoms with Crippen molar-refractivity contribution >= 4 is 0 Å². The van der Waals surface area contributed by atoms with E-state index in [1.807, 2.05) is 12.1 Å². The van der Waals surface area contributed by atoms with Crippen LogP contribution in [0.2, 0.25) is 0 Å². The molecule has 0 spiro atoms. The number of rotatable bonds is 1. The molecule has 1 aliphatic rings. The topological polar surface area (TPSA) is 38.7 Å². The van der Waals surface area contributed by atoms with Gasteiger partial charge >= 0.3 is 0 Å². The molecule has 0 amide bonds. The van der Waals surface area contributed by atoms with E-state index in [2.05, 4.69) is 41.5 Å². The average Bonchev–Trinajstić information content (AvgIpc) is 2.37. The van der Waals surface area contributed by atoms with E-state index in [9.17, 15) is 5.11 Å². The minimum absolute atomic E-state index is 0.130. The van der Waals surface area contributed by atoms with Crippen LogP contribution in [-0.4, -0.2) is 18.3 Å². The molecular weight excluding hydrogens is 264 g/mol. The molecule has 0 bridgehead atoms. The number of hydrogen-bond acceptors (Lipinski definition) is 3. The molecule has 0 aliphatic carbocycles. The number of phenols is 1. The van der Waals surface area contributed by atoms with E-state index in [4.69, 9.17) is 9.47 Å². The van der Waals surface area contributed by atoms with E-state index >= 15 is 0 Å². The van der Waals surface area contributed by atoms with Gasteiger partial charge in [-0.2, -0.15) is 0 Å². The highest BCUT2D eigenvalue weighted by Gasteiger charge is 2.29. The van der Waals surface area contributed by atoms with Gasteiger partial charge in [-0.3, -0.25) is 0 Å². The van der Waals surface area contributed by atoms with Crippen molar-refractivity contribution in [3.8, 4) is 5.75 Å². The Kier molecular flexibility index (Phi) is 4.36. The molecule has 1 aliphatic heterocycles. The van der Waals surface area contributed by atoms with Gasteiger partial charge in [0, 0.05) is 5.56 Å². The molecule has 1 saturated heterocycles. The zero-order chi connectivity index (χ0) is 15.8. The van der Waals surface area contributed by atoms with Gasteiger partial charge in [-0.15, -0.1) is 0 Å². The molecule has 21 heavy (non-hydrogen) atoms. The first kappa shape index (κ1) is 16.3. The van der Waals surface area contributed by atoms with E-state index in [0.29, 0.717) is 5.75 Å². The Bertz CT molecular complexity index is 465. The van der Waals surface area contributed by atoms with Gasteiger partial charge in [0.1, 0.15) is 5.75 Å². The Morgan fingerprint density at radius 1 is 0.905 bits per heavy atom. The molecule has 0 unspecified atom stereocenters. The maximum atomic E-state index is 10.7. The highest BCUT2D eigenvalue weighted by atomic mass is 16.7. The lowest BCUT2D eigenvalue weighted by Crippen LogP contribution is -2.22. The van der Waals surface area contributed by atoms with Crippen LogP contribution in [0.3, 0.4) is 0 Å². The zero-order valence-corrected chi connectivity index (χ0v) is 14.1. The van der Waals surface area contributed by atoms with E-state index in [1.54, 1.807) is 0 Å². The van der Waals surface area contributed by atoms with Gasteiger partial charge in [0.15, 0.2) is 6.29 Å². The first-order valence-corrected chi connectivity index (χ1v) is 7.72. The lowest BCUT2D eigenvalue weighted by molar-refractivity contribution is -0.183. The lowest BCUT2D eigenvalue weighted by Gasteiger charge is -2.31. The minimum Gasteiger partial charge on any atom is -0.507 e. The summed E-state index contributed by atoms with van der Waals surface area (Å²) >= 11 is 0. The van der Waals surface area contributed by atoms with Crippen LogP contribution in [-0.2, 0) is 20.3 Å². The quantitative estimate of drug-likeness (QED) is 0.832. The molecule has 1 fully saturated rings. The summed E-state index contributed by atoms with van der Waals surface area (Å²) in [5.74, 6) is 0.398. The van der Waals surface area contributed by atoms with E-state index in [0.717, 1.165) is 36.3 Å². The van der Waals surface area contributed by atoms with Crippen molar-refractivity contribution < 1.29 is 14.6 Å². The second-order valence-corrected chi connectivity index (χ2v) is 7.89. The minimum atomic E-state index is -0.318. The van der Waals surface area contributed by atoms with Crippen molar-refractivity contribution in [2.45, 2.75) is 65.1 Å². The summed E-state index contributed by atoms with van der Waals surface area (Å²) in [7, 11) is 0. The fourth-order valence-corrected chi connectivity index (χ4v) is 2.62. The number of benzene rings is 1. The van der Waals surface area contributed by atoms with Crippen LogP contribution in [0.4, 0.5) is 0 Å². The van der Waals surface area contributed by atoms with Gasteiger partial charge in [-0.25, -0.2) is 0 Å². The highest BCUT2D eigenvalue weighted by molar-refractivity contribution is 5.50. The predicted octanol–water partition coefficient (Wildman–Crippen LogP) is 4.42. The number of hydrogen-bond donors (Lipinski definition) is 1. The molecule has 3 heteroatoms. The second kappa shape index (κ2) is 5.62. The largest absolute Gasteiger partial charge is 0.507 e. The number of phenolic OH excluding ortho intramolecular Hbond substituents is 1. The first-order valence-electron chi connectivity index (χ1n) is 7.72. The van der Waals surface area contributed by atoms with Crippen molar-refractivity contribution in [1.29, 1.82) is 0 Å². The van der Waals surface area contributed by atoms with E-state index in [1.165, 1.54) is 0 Å². The Labute approximate surface area is 128 Å². The summed E-state index contributed by atoms with van der Waals surface area (Å²) in [4.78, 5) is 0. The lowest BCUT2D eigenvalue weighted by atomic mass is 9.78. The molecule has 1 aromatic rings. The molecule has 1 heterocycles. The summed E-state index contributed by atoms with van der Waals surface area (Å²) in [5.41, 5.74) is 2.64. The standard InChI is InChI=1S/C18H28O3/c1-17(2,3)13-10-12(16-20-8-7-9-21-16)11-14(15(13)19)18(4,5)6/h10-11,16,19H,7-9H2,1-6H3. The van der Waals surface area contributed by atoms with Gasteiger partial charge in [0.2, 0.25) is 0 Å². The Balaban J connectivity index is 2.56. The Hall–Kier alpha value is -1.06. The molecule has 0 radical (unpaired) electrons. The van der Waals surface area contributed by atoms with Gasteiger partial charge in [-0.05, 0) is 40.5 Å². The van der Waals surface area contributed by atoms with Crippen LogP contribution in [0, 0.1) is 0 Å². The molecule has 118 valence electrons. The third kappa shape index (κ3) is 3.58. The molecule has 0 atom stereocenters. The maximum absolute atomic E-state index is 10.7. The van der Waals surface area contributed by atoms with Crippen LogP contribution in [0.15, 0.2) is 12.1 Å². The van der Waals surface area contributed by atoms with Gasteiger partial charge in [0.05, 0.1) is 13.2 Å². The fraction of sp³-hybridized carbons (Fsp3) is 0.667. The molecule has 2 rings (SSSR count). The monoisotopic (exact) mass is 292 g/mol. The Morgan fingerprint density at radius 2 is 1.33 bits per heavy atom. The van der Waals surface area contributed by atoms with Crippen molar-refractivity contribution in [2.75, 3.05) is 13.2 Å².